The first-order valence-corrected chi connectivity index (χ1v) is 40.5. The van der Waals surface area contributed by atoms with Gasteiger partial charge in [-0.25, -0.2) is 0 Å². The molecule has 0 aliphatic carbocycles. The second-order valence-corrected chi connectivity index (χ2v) is 87.8. The van der Waals surface area contributed by atoms with Crippen molar-refractivity contribution in [2.45, 2.75) is 114 Å². The predicted octanol–water partition coefficient (Wildman–Crippen LogP) is 8.54. The summed E-state index contributed by atoms with van der Waals surface area (Å²) in [6.45, 7) is 41.2. The molecule has 0 amide bonds. The zero-order valence-electron chi connectivity index (χ0n) is 28.6. The molecule has 2 unspecified atom stereocenters. The molecule has 2 nitrogen and oxygen atoms in total. The third kappa shape index (κ3) is 3.61. The predicted molar refractivity (Wildman–Crippen MR) is 194 cm³/mol. The third-order valence-corrected chi connectivity index (χ3v) is 158. The van der Waals surface area contributed by atoms with Crippen molar-refractivity contribution in [1.82, 2.24) is 0 Å². The lowest BCUT2D eigenvalue weighted by molar-refractivity contribution is 0.105. The van der Waals surface area contributed by atoms with E-state index in [1.54, 1.807) is 5.16 Å². The fourth-order valence-electron chi connectivity index (χ4n) is 10.4. The van der Waals surface area contributed by atoms with Crippen molar-refractivity contribution in [2.75, 3.05) is 0 Å². The maximum absolute atomic E-state index is 15.9. The molecular formula is C31H55O2Si7-. The molecule has 2 aromatic rings. The van der Waals surface area contributed by atoms with Gasteiger partial charge in [0.2, 0.25) is 7.83 Å². The average molecular weight is 656 g/mol. The van der Waals surface area contributed by atoms with Crippen LogP contribution >= 0.6 is 0 Å². The van der Waals surface area contributed by atoms with Gasteiger partial charge in [0.05, 0.1) is 14.2 Å². The van der Waals surface area contributed by atoms with Crippen LogP contribution in [0.2, 0.25) is 72.0 Å². The van der Waals surface area contributed by atoms with Crippen molar-refractivity contribution < 1.29 is 8.91 Å². The van der Waals surface area contributed by atoms with E-state index in [9.17, 15) is 0 Å². The van der Waals surface area contributed by atoms with Crippen molar-refractivity contribution in [1.29, 1.82) is 0 Å². The molecule has 2 heterocycles. The number of aryl methyl sites for hydroxylation is 6. The fraction of sp³-hybridized carbons (Fsp3) is 0.548. The highest BCUT2D eigenvalue weighted by Gasteiger charge is 2.89. The molecule has 2 aromatic carbocycles. The summed E-state index contributed by atoms with van der Waals surface area (Å²) in [4.78, 5) is 15.9. The molecule has 9 heteroatoms. The first-order valence-electron chi connectivity index (χ1n) is 15.2. The Bertz CT molecular complexity index is 1370. The number of benzene rings is 2. The van der Waals surface area contributed by atoms with Gasteiger partial charge in [-0.15, -0.1) is 12.1 Å². The number of hydrogen-bond acceptors (Lipinski definition) is 2. The largest absolute Gasteiger partial charge is 0.460 e. The number of rotatable bonds is 4. The van der Waals surface area contributed by atoms with Gasteiger partial charge in [-0.2, -0.15) is 21.9 Å². The minimum Gasteiger partial charge on any atom is -0.460 e. The second kappa shape index (κ2) is 9.23. The van der Waals surface area contributed by atoms with Gasteiger partial charge in [0.25, 0.3) is 0 Å². The molecule has 2 aliphatic heterocycles. The summed E-state index contributed by atoms with van der Waals surface area (Å²) in [6, 6.07) is 9.30. The molecule has 2 bridgehead atoms. The van der Waals surface area contributed by atoms with E-state index in [0.29, 0.717) is 5.41 Å². The van der Waals surface area contributed by atoms with Crippen LogP contribution < -0.4 is 0 Å². The Morgan fingerprint density at radius 2 is 1.05 bits per heavy atom. The van der Waals surface area contributed by atoms with E-state index < -0.39 is 51.2 Å². The smallest absolute Gasteiger partial charge is 0.210 e. The molecular weight excluding hydrogens is 601 g/mol. The van der Waals surface area contributed by atoms with Gasteiger partial charge >= 0.3 is 0 Å². The van der Waals surface area contributed by atoms with E-state index in [0.717, 1.165) is 16.7 Å². The summed E-state index contributed by atoms with van der Waals surface area (Å²) in [7, 11) is -12.9. The Balaban J connectivity index is 2.34. The first kappa shape index (κ1) is 32.4. The van der Waals surface area contributed by atoms with Crippen LogP contribution in [0.3, 0.4) is 0 Å². The minimum atomic E-state index is -3.06. The molecule has 0 spiro atoms. The van der Waals surface area contributed by atoms with Crippen LogP contribution in [0.15, 0.2) is 24.3 Å². The molecule has 2 saturated heterocycles. The number of hydrogen-bond donors (Lipinski definition) is 0. The lowest BCUT2D eigenvalue weighted by Crippen LogP contribution is -2.94. The van der Waals surface area contributed by atoms with Crippen molar-refractivity contribution in [3.63, 3.8) is 0 Å². The SMILES string of the molecule is Cc1cc(C)c(C(=O)[Si]23O[Si](C)(C)[Si](C)(C)[Si]([Si](C)(C)C)([C-]2c2c(C)cc(C)cc2C)[Si](C)(C)[Si]3(C)C)c(C)c1. The Morgan fingerprint density at radius 1 is 0.650 bits per heavy atom. The summed E-state index contributed by atoms with van der Waals surface area (Å²) >= 11 is 0. The maximum Gasteiger partial charge on any atom is 0.210 e. The van der Waals surface area contributed by atoms with E-state index >= 15 is 4.79 Å². The van der Waals surface area contributed by atoms with Gasteiger partial charge < -0.3 is 4.12 Å². The number of carbonyl (C=O) groups is 1. The summed E-state index contributed by atoms with van der Waals surface area (Å²) in [5.41, 5.74) is 10.2. The highest BCUT2D eigenvalue weighted by atomic mass is 30.2. The second-order valence-electron chi connectivity index (χ2n) is 16.4. The lowest BCUT2D eigenvalue weighted by atomic mass is 10.0. The van der Waals surface area contributed by atoms with Crippen LogP contribution in [0.1, 0.15) is 49.3 Å². The van der Waals surface area contributed by atoms with E-state index in [2.05, 4.69) is 138 Å². The topological polar surface area (TPSA) is 26.3 Å². The summed E-state index contributed by atoms with van der Waals surface area (Å²) in [5, 5.41) is 2.22. The van der Waals surface area contributed by atoms with Gasteiger partial charge in [-0.1, -0.05) is 96.0 Å². The van der Waals surface area contributed by atoms with Crippen LogP contribution in [0.5, 0.6) is 0 Å². The third-order valence-electron chi connectivity index (χ3n) is 12.2. The van der Waals surface area contributed by atoms with Gasteiger partial charge in [0.15, 0.2) is 13.2 Å². The molecule has 0 aromatic heterocycles. The zero-order valence-corrected chi connectivity index (χ0v) is 35.6. The van der Waals surface area contributed by atoms with Crippen LogP contribution in [-0.4, -0.2) is 56.6 Å². The summed E-state index contributed by atoms with van der Waals surface area (Å²) in [6.07, 6.45) is 0. The van der Waals surface area contributed by atoms with E-state index in [1.807, 2.05) is 0 Å². The van der Waals surface area contributed by atoms with E-state index in [4.69, 9.17) is 4.12 Å². The number of carbonyl (C=O) groups excluding carboxylic acids is 1. The molecule has 4 rings (SSSR count). The Morgan fingerprint density at radius 3 is 1.45 bits per heavy atom. The maximum atomic E-state index is 15.9. The van der Waals surface area contributed by atoms with Crippen molar-refractivity contribution in [3.8, 4) is 0 Å². The molecule has 220 valence electrons. The normalized spacial score (nSPS) is 28.1. The average Bonchev–Trinajstić information content (AvgIpc) is 2.83. The summed E-state index contributed by atoms with van der Waals surface area (Å²) in [5.74, 6) is 0. The van der Waals surface area contributed by atoms with Crippen molar-refractivity contribution in [2.24, 2.45) is 0 Å². The fourth-order valence-corrected chi connectivity index (χ4v) is 272. The molecule has 2 aliphatic rings. The molecule has 0 radical (unpaired) electrons. The highest BCUT2D eigenvalue weighted by molar-refractivity contribution is 8.16. The standard InChI is InChI=1S/C31H55O2Si7/c1-22-18-24(3)28(25(4)19-22)30(32)39-31(29-26(5)20-23(2)21-27(29)6)40(34(7,8)9,38(16,17)37(39,14)15)36(12,13)35(10,11)33-39/h18-21H,1-17H3/q-1. The highest BCUT2D eigenvalue weighted by Crippen LogP contribution is 2.66. The Hall–Kier alpha value is -0.542. The van der Waals surface area contributed by atoms with Gasteiger partial charge in [0.1, 0.15) is 0 Å². The van der Waals surface area contributed by atoms with Gasteiger partial charge in [-0.05, 0) is 51.9 Å². The number of fused-ring (bicyclic) bond motifs is 2. The van der Waals surface area contributed by atoms with Crippen LogP contribution in [0, 0.1) is 46.7 Å². The monoisotopic (exact) mass is 655 g/mol. The zero-order chi connectivity index (χ0) is 30.8. The summed E-state index contributed by atoms with van der Waals surface area (Å²) < 4.78 is 8.11. The molecule has 2 atom stereocenters. The Kier molecular flexibility index (Phi) is 7.47. The van der Waals surface area contributed by atoms with Crippen molar-refractivity contribution in [3.05, 3.63) is 73.9 Å². The minimum absolute atomic E-state index is 0.465. The van der Waals surface area contributed by atoms with Gasteiger partial charge in [0, 0.05) is 26.9 Å². The van der Waals surface area contributed by atoms with Gasteiger partial charge in [-0.3, -0.25) is 4.79 Å². The molecule has 0 N–H and O–H groups in total. The first-order chi connectivity index (χ1) is 17.9. The van der Waals surface area contributed by atoms with Crippen LogP contribution in [0.25, 0.3) is 0 Å². The molecule has 2 fully saturated rings. The molecule has 40 heavy (non-hydrogen) atoms. The van der Waals surface area contributed by atoms with Crippen LogP contribution in [0.4, 0.5) is 0 Å². The van der Waals surface area contributed by atoms with E-state index in [-0.39, 0.29) is 0 Å². The molecule has 0 saturated carbocycles. The van der Waals surface area contributed by atoms with E-state index in [1.165, 1.54) is 27.8 Å². The van der Waals surface area contributed by atoms with Crippen molar-refractivity contribution >= 4 is 56.6 Å². The van der Waals surface area contributed by atoms with Crippen LogP contribution in [-0.2, 0) is 4.12 Å². The quantitative estimate of drug-likeness (QED) is 0.244. The Labute approximate surface area is 251 Å². The lowest BCUT2D eigenvalue weighted by Gasteiger charge is -2.70.